The molecule has 7 heteroatoms. The van der Waals surface area contributed by atoms with E-state index in [0.29, 0.717) is 5.75 Å². The number of nitrogens with two attached hydrogens (primary N) is 2. The van der Waals surface area contributed by atoms with Gasteiger partial charge in [-0.15, -0.1) is 0 Å². The molecule has 0 heterocycles. The Hall–Kier alpha value is -2.57. The Kier molecular flexibility index (Phi) is 4.67. The van der Waals surface area contributed by atoms with E-state index in [1.807, 2.05) is 0 Å². The lowest BCUT2D eigenvalue weighted by molar-refractivity contribution is -0.121. The molecule has 1 rings (SSSR count). The lowest BCUT2D eigenvalue weighted by Crippen LogP contribution is -2.21. The number of hydrogen-bond donors (Lipinski definition) is 2. The highest BCUT2D eigenvalue weighted by Gasteiger charge is 2.08. The first kappa shape index (κ1) is 13.5. The highest BCUT2D eigenvalue weighted by molar-refractivity contribution is 5.91. The summed E-state index contributed by atoms with van der Waals surface area (Å²) in [7, 11) is 0. The van der Waals surface area contributed by atoms with E-state index in [-0.39, 0.29) is 12.2 Å². The maximum absolute atomic E-state index is 11.4. The fraction of sp³-hybridized carbons (Fsp3) is 0.182. The summed E-state index contributed by atoms with van der Waals surface area (Å²) in [5.74, 6) is -1.61. The van der Waals surface area contributed by atoms with Gasteiger partial charge in [-0.2, -0.15) is 0 Å². The molecular weight excluding hydrogens is 240 g/mol. The van der Waals surface area contributed by atoms with Crippen molar-refractivity contribution >= 4 is 17.8 Å². The Morgan fingerprint density at radius 2 is 1.50 bits per heavy atom. The number of benzene rings is 1. The minimum atomic E-state index is -0.732. The first-order valence-corrected chi connectivity index (χ1v) is 4.95. The number of carbonyl (C=O) groups excluding carboxylic acids is 3. The van der Waals surface area contributed by atoms with Crippen molar-refractivity contribution in [2.75, 3.05) is 13.2 Å². The Balaban J connectivity index is 2.56. The van der Waals surface area contributed by atoms with Gasteiger partial charge in [0, 0.05) is 0 Å². The molecule has 0 aromatic heterocycles. The second-order valence-corrected chi connectivity index (χ2v) is 3.32. The Morgan fingerprint density at radius 1 is 0.944 bits per heavy atom. The van der Waals surface area contributed by atoms with Crippen LogP contribution in [-0.4, -0.2) is 31.0 Å². The van der Waals surface area contributed by atoms with Gasteiger partial charge in [0.25, 0.3) is 11.8 Å². The number of rotatable bonds is 6. The smallest absolute Gasteiger partial charge is 0.338 e. The first-order valence-electron chi connectivity index (χ1n) is 4.95. The molecule has 0 fully saturated rings. The lowest BCUT2D eigenvalue weighted by Gasteiger charge is -2.05. The molecule has 0 saturated heterocycles. The van der Waals surface area contributed by atoms with Crippen LogP contribution < -0.4 is 16.2 Å². The van der Waals surface area contributed by atoms with Crippen LogP contribution in [0.2, 0.25) is 0 Å². The third kappa shape index (κ3) is 4.52. The molecule has 0 spiro atoms. The van der Waals surface area contributed by atoms with Gasteiger partial charge in [0.05, 0.1) is 5.56 Å². The predicted octanol–water partition coefficient (Wildman–Crippen LogP) is -0.807. The molecule has 0 atom stereocenters. The molecular formula is C11H12N2O5. The average Bonchev–Trinajstić information content (AvgIpc) is 2.34. The maximum Gasteiger partial charge on any atom is 0.338 e. The average molecular weight is 252 g/mol. The van der Waals surface area contributed by atoms with Crippen LogP contribution in [0.3, 0.4) is 0 Å². The van der Waals surface area contributed by atoms with Gasteiger partial charge in [0.15, 0.2) is 13.2 Å². The zero-order valence-corrected chi connectivity index (χ0v) is 9.42. The van der Waals surface area contributed by atoms with Crippen LogP contribution in [0.5, 0.6) is 5.75 Å². The molecule has 2 amide bonds. The van der Waals surface area contributed by atoms with Crippen molar-refractivity contribution in [3.05, 3.63) is 29.8 Å². The number of primary amides is 2. The van der Waals surface area contributed by atoms with E-state index < -0.39 is 24.4 Å². The molecule has 0 aliphatic carbocycles. The molecule has 0 aliphatic rings. The van der Waals surface area contributed by atoms with Gasteiger partial charge < -0.3 is 20.9 Å². The topological polar surface area (TPSA) is 122 Å². The van der Waals surface area contributed by atoms with Gasteiger partial charge in [-0.1, -0.05) is 0 Å². The Bertz CT molecular complexity index is 455. The van der Waals surface area contributed by atoms with Crippen molar-refractivity contribution in [2.24, 2.45) is 11.5 Å². The van der Waals surface area contributed by atoms with Crippen LogP contribution >= 0.6 is 0 Å². The van der Waals surface area contributed by atoms with Gasteiger partial charge in [0.1, 0.15) is 5.75 Å². The molecule has 96 valence electrons. The summed E-state index contributed by atoms with van der Waals surface area (Å²) in [5, 5.41) is 0. The largest absolute Gasteiger partial charge is 0.484 e. The summed E-state index contributed by atoms with van der Waals surface area (Å²) in [6, 6.07) is 5.81. The molecule has 0 saturated carbocycles. The molecule has 1 aromatic rings. The van der Waals surface area contributed by atoms with Crippen molar-refractivity contribution < 1.29 is 23.9 Å². The third-order valence-electron chi connectivity index (χ3n) is 1.82. The Morgan fingerprint density at radius 3 is 2.00 bits per heavy atom. The molecule has 0 bridgehead atoms. The fourth-order valence-electron chi connectivity index (χ4n) is 1.06. The van der Waals surface area contributed by atoms with Gasteiger partial charge in [-0.3, -0.25) is 9.59 Å². The normalized spacial score (nSPS) is 9.56. The van der Waals surface area contributed by atoms with Crippen molar-refractivity contribution in [2.45, 2.75) is 0 Å². The first-order chi connectivity index (χ1) is 8.49. The highest BCUT2D eigenvalue weighted by atomic mass is 16.5. The van der Waals surface area contributed by atoms with E-state index in [0.717, 1.165) is 0 Å². The quantitative estimate of drug-likeness (QED) is 0.641. The maximum atomic E-state index is 11.4. The van der Waals surface area contributed by atoms with Crippen LogP contribution in [0.25, 0.3) is 0 Å². The fourth-order valence-corrected chi connectivity index (χ4v) is 1.06. The lowest BCUT2D eigenvalue weighted by atomic mass is 10.2. The number of hydrogen-bond acceptors (Lipinski definition) is 5. The highest BCUT2D eigenvalue weighted by Crippen LogP contribution is 2.12. The Labute approximate surface area is 103 Å². The second-order valence-electron chi connectivity index (χ2n) is 3.32. The summed E-state index contributed by atoms with van der Waals surface area (Å²) < 4.78 is 9.60. The minimum Gasteiger partial charge on any atom is -0.484 e. The van der Waals surface area contributed by atoms with Gasteiger partial charge >= 0.3 is 5.97 Å². The number of amides is 2. The van der Waals surface area contributed by atoms with Crippen LogP contribution in [-0.2, 0) is 14.3 Å². The molecule has 7 nitrogen and oxygen atoms in total. The molecule has 18 heavy (non-hydrogen) atoms. The number of esters is 1. The van der Waals surface area contributed by atoms with Crippen molar-refractivity contribution in [1.82, 2.24) is 0 Å². The molecule has 0 radical (unpaired) electrons. The zero-order valence-electron chi connectivity index (χ0n) is 9.42. The SMILES string of the molecule is NC(=O)COC(=O)c1ccc(OCC(N)=O)cc1. The van der Waals surface area contributed by atoms with Crippen LogP contribution in [0.1, 0.15) is 10.4 Å². The van der Waals surface area contributed by atoms with E-state index in [4.69, 9.17) is 16.2 Å². The zero-order chi connectivity index (χ0) is 13.5. The van der Waals surface area contributed by atoms with E-state index in [1.165, 1.54) is 24.3 Å². The molecule has 4 N–H and O–H groups in total. The van der Waals surface area contributed by atoms with Crippen molar-refractivity contribution in [3.63, 3.8) is 0 Å². The molecule has 0 unspecified atom stereocenters. The van der Waals surface area contributed by atoms with Crippen LogP contribution in [0.4, 0.5) is 0 Å². The summed E-state index contributed by atoms with van der Waals surface area (Å²) in [6.07, 6.45) is 0. The summed E-state index contributed by atoms with van der Waals surface area (Å²) in [4.78, 5) is 32.3. The summed E-state index contributed by atoms with van der Waals surface area (Å²) in [6.45, 7) is -0.718. The van der Waals surface area contributed by atoms with Crippen LogP contribution in [0, 0.1) is 0 Å². The third-order valence-corrected chi connectivity index (χ3v) is 1.82. The number of carbonyl (C=O) groups is 3. The van der Waals surface area contributed by atoms with Gasteiger partial charge in [-0.05, 0) is 24.3 Å². The van der Waals surface area contributed by atoms with E-state index in [9.17, 15) is 14.4 Å². The monoisotopic (exact) mass is 252 g/mol. The second kappa shape index (κ2) is 6.24. The van der Waals surface area contributed by atoms with Crippen molar-refractivity contribution in [1.29, 1.82) is 0 Å². The van der Waals surface area contributed by atoms with Crippen LogP contribution in [0.15, 0.2) is 24.3 Å². The van der Waals surface area contributed by atoms with E-state index in [1.54, 1.807) is 0 Å². The van der Waals surface area contributed by atoms with Crippen molar-refractivity contribution in [3.8, 4) is 5.75 Å². The standard InChI is InChI=1S/C11H12N2O5/c12-9(14)5-17-8-3-1-7(2-4-8)11(16)18-6-10(13)15/h1-4H,5-6H2,(H2,12,14)(H2,13,15). The predicted molar refractivity (Wildman–Crippen MR) is 60.6 cm³/mol. The van der Waals surface area contributed by atoms with Gasteiger partial charge in [-0.25, -0.2) is 4.79 Å². The molecule has 1 aromatic carbocycles. The summed E-state index contributed by atoms with van der Waals surface area (Å²) in [5.41, 5.74) is 9.97. The van der Waals surface area contributed by atoms with E-state index >= 15 is 0 Å². The van der Waals surface area contributed by atoms with E-state index in [2.05, 4.69) is 4.74 Å². The number of ether oxygens (including phenoxy) is 2. The minimum absolute atomic E-state index is 0.239. The molecule has 0 aliphatic heterocycles. The summed E-state index contributed by atoms with van der Waals surface area (Å²) >= 11 is 0. The van der Waals surface area contributed by atoms with Gasteiger partial charge in [0.2, 0.25) is 0 Å².